The number of carbonyl (C=O) groups is 1. The fourth-order valence-electron chi connectivity index (χ4n) is 4.45. The van der Waals surface area contributed by atoms with E-state index in [9.17, 15) is 13.6 Å². The second kappa shape index (κ2) is 6.92. The monoisotopic (exact) mass is 376 g/mol. The highest BCUT2D eigenvalue weighted by atomic mass is 19.3. The SMILES string of the molecule is COc1ccc([C@@H]2[C@@H]3CN(C(=O)c4cc(C(F)F)[nH]n4)C[C@@H]3CN2C)cc1. The Hall–Kier alpha value is -2.48. The molecule has 0 saturated carbocycles. The average Bonchev–Trinajstić information content (AvgIpc) is 3.35. The summed E-state index contributed by atoms with van der Waals surface area (Å²) in [4.78, 5) is 16.8. The topological polar surface area (TPSA) is 61.5 Å². The first-order valence-corrected chi connectivity index (χ1v) is 8.95. The Morgan fingerprint density at radius 2 is 2.00 bits per heavy atom. The zero-order valence-electron chi connectivity index (χ0n) is 15.2. The summed E-state index contributed by atoms with van der Waals surface area (Å²) >= 11 is 0. The summed E-state index contributed by atoms with van der Waals surface area (Å²) in [5.74, 6) is 1.19. The zero-order chi connectivity index (χ0) is 19.1. The Balaban J connectivity index is 1.50. The van der Waals surface area contributed by atoms with Crippen molar-refractivity contribution >= 4 is 5.91 Å². The number of rotatable bonds is 4. The number of alkyl halides is 2. The zero-order valence-corrected chi connectivity index (χ0v) is 15.2. The van der Waals surface area contributed by atoms with Crippen LogP contribution in [-0.2, 0) is 0 Å². The molecule has 27 heavy (non-hydrogen) atoms. The van der Waals surface area contributed by atoms with Gasteiger partial charge in [0.2, 0.25) is 0 Å². The van der Waals surface area contributed by atoms with Crippen LogP contribution in [0.3, 0.4) is 0 Å². The lowest BCUT2D eigenvalue weighted by Crippen LogP contribution is -2.33. The molecule has 3 atom stereocenters. The second-order valence-electron chi connectivity index (χ2n) is 7.30. The molecule has 8 heteroatoms. The minimum absolute atomic E-state index is 0.0552. The molecular formula is C19H22F2N4O2. The molecule has 6 nitrogen and oxygen atoms in total. The van der Waals surface area contributed by atoms with Crippen LogP contribution in [0.1, 0.15) is 34.2 Å². The van der Waals surface area contributed by atoms with Crippen molar-refractivity contribution in [2.24, 2.45) is 11.8 Å². The number of likely N-dealkylation sites (tertiary alicyclic amines) is 2. The number of carbonyl (C=O) groups excluding carboxylic acids is 1. The molecule has 144 valence electrons. The molecule has 1 N–H and O–H groups in total. The number of fused-ring (bicyclic) bond motifs is 1. The lowest BCUT2D eigenvalue weighted by molar-refractivity contribution is 0.0762. The van der Waals surface area contributed by atoms with E-state index in [2.05, 4.69) is 34.3 Å². The van der Waals surface area contributed by atoms with Crippen molar-refractivity contribution in [3.8, 4) is 5.75 Å². The molecule has 0 aliphatic carbocycles. The van der Waals surface area contributed by atoms with Crippen LogP contribution in [0.5, 0.6) is 5.75 Å². The van der Waals surface area contributed by atoms with Gasteiger partial charge in [0.1, 0.15) is 11.4 Å². The summed E-state index contributed by atoms with van der Waals surface area (Å²) in [5, 5.41) is 6.01. The third-order valence-corrected chi connectivity index (χ3v) is 5.69. The van der Waals surface area contributed by atoms with E-state index in [1.807, 2.05) is 12.1 Å². The molecule has 4 rings (SSSR count). The standard InChI is InChI=1S/C19H22F2N4O2/c1-24-8-12-9-25(19(26)16-7-15(18(20)21)22-23-16)10-14(12)17(24)11-3-5-13(27-2)6-4-11/h3-7,12,14,17-18H,8-10H2,1-2H3,(H,22,23)/t12-,14+,17+/m0/s1. The Kier molecular flexibility index (Phi) is 4.59. The molecular weight excluding hydrogens is 354 g/mol. The Morgan fingerprint density at radius 1 is 1.26 bits per heavy atom. The molecule has 0 unspecified atom stereocenters. The van der Waals surface area contributed by atoms with E-state index in [-0.39, 0.29) is 23.3 Å². The van der Waals surface area contributed by atoms with Crippen molar-refractivity contribution < 1.29 is 18.3 Å². The number of ether oxygens (including phenoxy) is 1. The number of aromatic amines is 1. The summed E-state index contributed by atoms with van der Waals surface area (Å²) in [5.41, 5.74) is 0.924. The molecule has 2 saturated heterocycles. The van der Waals surface area contributed by atoms with E-state index in [4.69, 9.17) is 4.74 Å². The van der Waals surface area contributed by atoms with Crippen molar-refractivity contribution in [1.29, 1.82) is 0 Å². The minimum Gasteiger partial charge on any atom is -0.497 e. The summed E-state index contributed by atoms with van der Waals surface area (Å²) in [6, 6.07) is 9.39. The first kappa shape index (κ1) is 17.9. The van der Waals surface area contributed by atoms with Gasteiger partial charge in [0.25, 0.3) is 12.3 Å². The number of nitrogens with zero attached hydrogens (tertiary/aromatic N) is 3. The predicted molar refractivity (Wildman–Crippen MR) is 94.8 cm³/mol. The van der Waals surface area contributed by atoms with Crippen LogP contribution < -0.4 is 4.74 Å². The highest BCUT2D eigenvalue weighted by molar-refractivity contribution is 5.92. The van der Waals surface area contributed by atoms with Gasteiger partial charge in [-0.05, 0) is 36.7 Å². The summed E-state index contributed by atoms with van der Waals surface area (Å²) in [6.45, 7) is 2.12. The normalized spacial score (nSPS) is 25.2. The summed E-state index contributed by atoms with van der Waals surface area (Å²) < 4.78 is 30.7. The van der Waals surface area contributed by atoms with E-state index < -0.39 is 6.43 Å². The van der Waals surface area contributed by atoms with E-state index in [1.165, 1.54) is 5.56 Å². The number of hydrogen-bond donors (Lipinski definition) is 1. The van der Waals surface area contributed by atoms with Gasteiger partial charge >= 0.3 is 0 Å². The third kappa shape index (κ3) is 3.18. The lowest BCUT2D eigenvalue weighted by atomic mass is 9.89. The predicted octanol–water partition coefficient (Wildman–Crippen LogP) is 2.73. The van der Waals surface area contributed by atoms with Crippen LogP contribution in [0.15, 0.2) is 30.3 Å². The van der Waals surface area contributed by atoms with Crippen molar-refractivity contribution in [3.63, 3.8) is 0 Å². The van der Waals surface area contributed by atoms with Gasteiger partial charge < -0.3 is 9.64 Å². The van der Waals surface area contributed by atoms with E-state index in [1.54, 1.807) is 12.0 Å². The second-order valence-corrected chi connectivity index (χ2v) is 7.30. The van der Waals surface area contributed by atoms with Crippen molar-refractivity contribution in [1.82, 2.24) is 20.0 Å². The Bertz CT molecular complexity index is 823. The maximum Gasteiger partial charge on any atom is 0.279 e. The van der Waals surface area contributed by atoms with E-state index >= 15 is 0 Å². The van der Waals surface area contributed by atoms with Crippen LogP contribution in [0.25, 0.3) is 0 Å². The van der Waals surface area contributed by atoms with Crippen LogP contribution in [0.4, 0.5) is 8.78 Å². The van der Waals surface area contributed by atoms with Crippen molar-refractivity contribution in [2.75, 3.05) is 33.8 Å². The average molecular weight is 376 g/mol. The van der Waals surface area contributed by atoms with Gasteiger partial charge in [-0.2, -0.15) is 5.10 Å². The first-order chi connectivity index (χ1) is 13.0. The minimum atomic E-state index is -2.66. The van der Waals surface area contributed by atoms with Crippen molar-refractivity contribution in [3.05, 3.63) is 47.3 Å². The fourth-order valence-corrected chi connectivity index (χ4v) is 4.45. The highest BCUT2D eigenvalue weighted by Crippen LogP contribution is 2.44. The number of halogens is 2. The van der Waals surface area contributed by atoms with Gasteiger partial charge in [0, 0.05) is 31.6 Å². The van der Waals surface area contributed by atoms with Gasteiger partial charge in [-0.1, -0.05) is 12.1 Å². The molecule has 2 fully saturated rings. The molecule has 2 aliphatic rings. The fraction of sp³-hybridized carbons (Fsp3) is 0.474. The van der Waals surface area contributed by atoms with E-state index in [0.717, 1.165) is 18.4 Å². The molecule has 3 heterocycles. The number of H-pyrrole nitrogens is 1. The Morgan fingerprint density at radius 3 is 2.63 bits per heavy atom. The first-order valence-electron chi connectivity index (χ1n) is 8.95. The summed E-state index contributed by atoms with van der Waals surface area (Å²) in [6.07, 6.45) is -2.66. The number of benzene rings is 1. The maximum atomic E-state index is 12.7. The Labute approximate surface area is 156 Å². The van der Waals surface area contributed by atoms with Crippen LogP contribution in [-0.4, -0.2) is 59.7 Å². The molecule has 1 aromatic heterocycles. The smallest absolute Gasteiger partial charge is 0.279 e. The van der Waals surface area contributed by atoms with Gasteiger partial charge in [-0.3, -0.25) is 14.8 Å². The largest absolute Gasteiger partial charge is 0.497 e. The molecule has 2 aliphatic heterocycles. The number of aromatic nitrogens is 2. The summed E-state index contributed by atoms with van der Waals surface area (Å²) in [7, 11) is 3.74. The van der Waals surface area contributed by atoms with Crippen LogP contribution in [0.2, 0.25) is 0 Å². The number of hydrogen-bond acceptors (Lipinski definition) is 4. The molecule has 0 bridgehead atoms. The number of methoxy groups -OCH3 is 1. The van der Waals surface area contributed by atoms with Gasteiger partial charge in [0.05, 0.1) is 7.11 Å². The number of amides is 1. The molecule has 1 aromatic carbocycles. The van der Waals surface area contributed by atoms with E-state index in [0.29, 0.717) is 24.9 Å². The maximum absolute atomic E-state index is 12.7. The lowest BCUT2D eigenvalue weighted by Gasteiger charge is -2.26. The molecule has 0 spiro atoms. The van der Waals surface area contributed by atoms with Gasteiger partial charge in [-0.15, -0.1) is 0 Å². The third-order valence-electron chi connectivity index (χ3n) is 5.69. The van der Waals surface area contributed by atoms with Crippen LogP contribution in [0, 0.1) is 11.8 Å². The molecule has 2 aromatic rings. The molecule has 0 radical (unpaired) electrons. The van der Waals surface area contributed by atoms with Gasteiger partial charge in [-0.25, -0.2) is 8.78 Å². The van der Waals surface area contributed by atoms with Crippen LogP contribution >= 0.6 is 0 Å². The quantitative estimate of drug-likeness (QED) is 0.891. The number of nitrogens with one attached hydrogen (secondary N) is 1. The molecule has 1 amide bonds. The van der Waals surface area contributed by atoms with Gasteiger partial charge in [0.15, 0.2) is 5.69 Å². The highest BCUT2D eigenvalue weighted by Gasteiger charge is 2.47. The van der Waals surface area contributed by atoms with Crippen molar-refractivity contribution in [2.45, 2.75) is 12.5 Å².